The van der Waals surface area contributed by atoms with Gasteiger partial charge in [-0.1, -0.05) is 18.2 Å². The first-order valence-corrected chi connectivity index (χ1v) is 5.73. The number of benzene rings is 1. The summed E-state index contributed by atoms with van der Waals surface area (Å²) in [7, 11) is 0. The molecule has 1 aliphatic heterocycles. The van der Waals surface area contributed by atoms with Gasteiger partial charge in [0.1, 0.15) is 0 Å². The molecule has 1 atom stereocenters. The molecule has 0 bridgehead atoms. The maximum atomic E-state index is 4.43. The van der Waals surface area contributed by atoms with Crippen molar-refractivity contribution in [1.82, 2.24) is 9.71 Å². The number of fused-ring (bicyclic) bond motifs is 3. The Morgan fingerprint density at radius 2 is 2.27 bits per heavy atom. The second kappa shape index (κ2) is 3.40. The summed E-state index contributed by atoms with van der Waals surface area (Å²) in [4.78, 5) is 4.43. The molecular formula is C11H11N3S. The van der Waals surface area contributed by atoms with Gasteiger partial charge in [0.05, 0.1) is 11.2 Å². The van der Waals surface area contributed by atoms with Gasteiger partial charge in [-0.25, -0.2) is 4.72 Å². The van der Waals surface area contributed by atoms with Crippen LogP contribution in [0.3, 0.4) is 0 Å². The molecular weight excluding hydrogens is 206 g/mol. The summed E-state index contributed by atoms with van der Waals surface area (Å²) in [5, 5.41) is 1.18. The van der Waals surface area contributed by atoms with Crippen molar-refractivity contribution in [3.05, 3.63) is 36.0 Å². The van der Waals surface area contributed by atoms with Crippen molar-refractivity contribution in [2.75, 3.05) is 4.72 Å². The fourth-order valence-corrected chi connectivity index (χ4v) is 2.54. The van der Waals surface area contributed by atoms with E-state index in [0.717, 1.165) is 11.2 Å². The molecule has 0 amide bonds. The smallest absolute Gasteiger partial charge is 0.0945 e. The van der Waals surface area contributed by atoms with E-state index in [0.29, 0.717) is 6.04 Å². The fourth-order valence-electron chi connectivity index (χ4n) is 1.86. The number of nitrogens with one attached hydrogen (secondary N) is 2. The van der Waals surface area contributed by atoms with E-state index in [4.69, 9.17) is 0 Å². The number of rotatable bonds is 0. The standard InChI is InChI=1S/C11H11N3S/c1-7-9-5-4-8-3-2-6-12-10(8)11(9)14-15-13-7/h2-7,13-14H,1H3. The Labute approximate surface area is 92.6 Å². The summed E-state index contributed by atoms with van der Waals surface area (Å²) in [5.74, 6) is 0. The third-order valence-corrected chi connectivity index (χ3v) is 3.44. The summed E-state index contributed by atoms with van der Waals surface area (Å²) in [5.41, 5.74) is 3.47. The lowest BCUT2D eigenvalue weighted by molar-refractivity contribution is 0.752. The van der Waals surface area contributed by atoms with Crippen LogP contribution in [0, 0.1) is 0 Å². The molecule has 0 radical (unpaired) electrons. The predicted molar refractivity (Wildman–Crippen MR) is 64.5 cm³/mol. The topological polar surface area (TPSA) is 37.0 Å². The quantitative estimate of drug-likeness (QED) is 0.665. The fraction of sp³-hybridized carbons (Fsp3) is 0.182. The Bertz CT molecular complexity index is 512. The number of nitrogens with zero attached hydrogens (tertiary/aromatic N) is 1. The van der Waals surface area contributed by atoms with Crippen molar-refractivity contribution in [3.8, 4) is 0 Å². The van der Waals surface area contributed by atoms with Gasteiger partial charge in [-0.2, -0.15) is 0 Å². The maximum Gasteiger partial charge on any atom is 0.0945 e. The molecule has 76 valence electrons. The first kappa shape index (κ1) is 9.00. The second-order valence-corrected chi connectivity index (χ2v) is 4.29. The van der Waals surface area contributed by atoms with E-state index in [-0.39, 0.29) is 0 Å². The van der Waals surface area contributed by atoms with Gasteiger partial charge >= 0.3 is 0 Å². The van der Waals surface area contributed by atoms with Gasteiger partial charge in [0, 0.05) is 29.8 Å². The van der Waals surface area contributed by atoms with Crippen LogP contribution in [0.4, 0.5) is 5.69 Å². The molecule has 2 heterocycles. The van der Waals surface area contributed by atoms with Gasteiger partial charge in [0.2, 0.25) is 0 Å². The minimum Gasteiger partial charge on any atom is -0.314 e. The maximum absolute atomic E-state index is 4.43. The van der Waals surface area contributed by atoms with Crippen LogP contribution in [-0.2, 0) is 0 Å². The van der Waals surface area contributed by atoms with E-state index in [1.54, 1.807) is 0 Å². The largest absolute Gasteiger partial charge is 0.314 e. The van der Waals surface area contributed by atoms with Gasteiger partial charge in [-0.05, 0) is 18.6 Å². The predicted octanol–water partition coefficient (Wildman–Crippen LogP) is 2.87. The second-order valence-electron chi connectivity index (χ2n) is 3.65. The van der Waals surface area contributed by atoms with Gasteiger partial charge in [0.25, 0.3) is 0 Å². The minimum atomic E-state index is 0.359. The van der Waals surface area contributed by atoms with E-state index in [9.17, 15) is 0 Å². The van der Waals surface area contributed by atoms with Gasteiger partial charge < -0.3 is 4.72 Å². The number of hydrogen-bond donors (Lipinski definition) is 2. The molecule has 3 rings (SSSR count). The van der Waals surface area contributed by atoms with Crippen molar-refractivity contribution in [2.45, 2.75) is 13.0 Å². The lowest BCUT2D eigenvalue weighted by atomic mass is 10.0. The first-order chi connectivity index (χ1) is 7.36. The Morgan fingerprint density at radius 1 is 1.33 bits per heavy atom. The van der Waals surface area contributed by atoms with Crippen LogP contribution in [0.2, 0.25) is 0 Å². The Balaban J connectivity index is 2.33. The van der Waals surface area contributed by atoms with E-state index in [1.165, 1.54) is 23.1 Å². The molecule has 0 fully saturated rings. The van der Waals surface area contributed by atoms with E-state index in [1.807, 2.05) is 12.3 Å². The number of aromatic nitrogens is 1. The summed E-state index contributed by atoms with van der Waals surface area (Å²) >= 11 is 1.52. The first-order valence-electron chi connectivity index (χ1n) is 4.91. The molecule has 1 aromatic heterocycles. The molecule has 0 saturated heterocycles. The molecule has 3 nitrogen and oxygen atoms in total. The third kappa shape index (κ3) is 1.37. The van der Waals surface area contributed by atoms with Gasteiger partial charge in [-0.15, -0.1) is 0 Å². The highest BCUT2D eigenvalue weighted by Gasteiger charge is 2.18. The highest BCUT2D eigenvalue weighted by atomic mass is 32.2. The molecule has 4 heteroatoms. The summed E-state index contributed by atoms with van der Waals surface area (Å²) in [6.45, 7) is 2.15. The minimum absolute atomic E-state index is 0.359. The van der Waals surface area contributed by atoms with Crippen molar-refractivity contribution in [1.29, 1.82) is 0 Å². The Morgan fingerprint density at radius 3 is 3.20 bits per heavy atom. The van der Waals surface area contributed by atoms with Crippen LogP contribution < -0.4 is 9.44 Å². The van der Waals surface area contributed by atoms with Crippen LogP contribution in [0.25, 0.3) is 10.9 Å². The molecule has 1 aliphatic rings. The summed E-state index contributed by atoms with van der Waals surface area (Å²) < 4.78 is 6.56. The lowest BCUT2D eigenvalue weighted by Crippen LogP contribution is -2.19. The SMILES string of the molecule is CC1NSNc2c1ccc1cccnc21. The normalized spacial score (nSPS) is 19.7. The Kier molecular flexibility index (Phi) is 2.04. The zero-order chi connectivity index (χ0) is 10.3. The van der Waals surface area contributed by atoms with E-state index < -0.39 is 0 Å². The van der Waals surface area contributed by atoms with E-state index in [2.05, 4.69) is 39.6 Å². The number of anilines is 1. The van der Waals surface area contributed by atoms with Gasteiger partial charge in [-0.3, -0.25) is 4.98 Å². The molecule has 1 unspecified atom stereocenters. The number of pyridine rings is 1. The van der Waals surface area contributed by atoms with Gasteiger partial charge in [0.15, 0.2) is 0 Å². The van der Waals surface area contributed by atoms with Crippen LogP contribution in [0.15, 0.2) is 30.5 Å². The van der Waals surface area contributed by atoms with Crippen molar-refractivity contribution < 1.29 is 0 Å². The number of hydrogen-bond acceptors (Lipinski definition) is 4. The van der Waals surface area contributed by atoms with Crippen LogP contribution >= 0.6 is 12.1 Å². The average Bonchev–Trinajstić information content (AvgIpc) is 2.29. The molecule has 15 heavy (non-hydrogen) atoms. The zero-order valence-electron chi connectivity index (χ0n) is 8.32. The van der Waals surface area contributed by atoms with Crippen molar-refractivity contribution in [2.24, 2.45) is 0 Å². The average molecular weight is 217 g/mol. The highest BCUT2D eigenvalue weighted by Crippen LogP contribution is 2.35. The molecule has 1 aromatic carbocycles. The molecule has 0 saturated carbocycles. The third-order valence-electron chi connectivity index (χ3n) is 2.66. The summed E-state index contributed by atoms with van der Waals surface area (Å²) in [6.07, 6.45) is 1.83. The van der Waals surface area contributed by atoms with Crippen LogP contribution in [-0.4, -0.2) is 4.98 Å². The molecule has 2 N–H and O–H groups in total. The zero-order valence-corrected chi connectivity index (χ0v) is 9.14. The lowest BCUT2D eigenvalue weighted by Gasteiger charge is -2.24. The van der Waals surface area contributed by atoms with Crippen LogP contribution in [0.1, 0.15) is 18.5 Å². The molecule has 2 aromatic rings. The molecule has 0 aliphatic carbocycles. The van der Waals surface area contributed by atoms with Crippen LogP contribution in [0.5, 0.6) is 0 Å². The van der Waals surface area contributed by atoms with E-state index >= 15 is 0 Å². The summed E-state index contributed by atoms with van der Waals surface area (Å²) in [6, 6.07) is 8.69. The molecule has 0 spiro atoms. The Hall–Kier alpha value is -1.26. The van der Waals surface area contributed by atoms with Crippen molar-refractivity contribution in [3.63, 3.8) is 0 Å². The highest BCUT2D eigenvalue weighted by molar-refractivity contribution is 7.98. The van der Waals surface area contributed by atoms with Crippen molar-refractivity contribution >= 4 is 28.7 Å². The monoisotopic (exact) mass is 217 g/mol.